The topological polar surface area (TPSA) is 17.1 Å². The van der Waals surface area contributed by atoms with E-state index in [4.69, 9.17) is 0 Å². The summed E-state index contributed by atoms with van der Waals surface area (Å²) in [5.74, 6) is 0. The summed E-state index contributed by atoms with van der Waals surface area (Å²) in [6, 6.07) is 56.6. The van der Waals surface area contributed by atoms with Crippen LogP contribution in [-0.4, -0.2) is 0 Å². The third-order valence-electron chi connectivity index (χ3n) is 9.25. The molecule has 0 fully saturated rings. The third-order valence-corrected chi connectivity index (χ3v) is 12.3. The second kappa shape index (κ2) is 11.9. The Balaban J connectivity index is 1.20. The molecule has 7 aromatic rings. The molecule has 220 valence electrons. The van der Waals surface area contributed by atoms with Crippen molar-refractivity contribution in [3.8, 4) is 33.4 Å². The average molecular weight is 609 g/mol. The second-order valence-corrected chi connectivity index (χ2v) is 14.7. The molecule has 0 unspecified atom stereocenters. The van der Waals surface area contributed by atoms with Crippen LogP contribution in [0.3, 0.4) is 0 Å². The summed E-state index contributed by atoms with van der Waals surface area (Å²) in [5, 5.41) is 5.12. The fourth-order valence-electron chi connectivity index (χ4n) is 7.05. The molecular weight excluding hydrogens is 575 g/mol. The van der Waals surface area contributed by atoms with E-state index in [1.54, 1.807) is 0 Å². The molecule has 0 heterocycles. The van der Waals surface area contributed by atoms with Crippen molar-refractivity contribution in [2.24, 2.45) is 0 Å². The lowest BCUT2D eigenvalue weighted by molar-refractivity contribution is 0.592. The summed E-state index contributed by atoms with van der Waals surface area (Å²) in [4.78, 5) is 0. The van der Waals surface area contributed by atoms with Crippen molar-refractivity contribution >= 4 is 39.9 Å². The fraction of sp³-hybridized carbons (Fsp3) is 0.0455. The van der Waals surface area contributed by atoms with Crippen LogP contribution in [0.15, 0.2) is 170 Å². The van der Waals surface area contributed by atoms with Crippen LogP contribution < -0.4 is 15.9 Å². The van der Waals surface area contributed by atoms with E-state index >= 15 is 0 Å². The molecule has 1 nitrogen and oxygen atoms in total. The molecule has 0 radical (unpaired) electrons. The zero-order valence-electron chi connectivity index (χ0n) is 25.5. The predicted molar refractivity (Wildman–Crippen MR) is 197 cm³/mol. The van der Waals surface area contributed by atoms with Gasteiger partial charge >= 0.3 is 0 Å². The quantitative estimate of drug-likeness (QED) is 0.172. The molecule has 1 aliphatic carbocycles. The number of hydrogen-bond donors (Lipinski definition) is 0. The van der Waals surface area contributed by atoms with Gasteiger partial charge in [0.05, 0.1) is 0 Å². The Morgan fingerprint density at radius 3 is 1.43 bits per heavy atom. The zero-order chi connectivity index (χ0) is 30.9. The van der Waals surface area contributed by atoms with Crippen molar-refractivity contribution < 1.29 is 4.57 Å². The first-order chi connectivity index (χ1) is 22.7. The first-order valence-corrected chi connectivity index (χ1v) is 17.6. The van der Waals surface area contributed by atoms with E-state index in [2.05, 4.69) is 103 Å². The minimum absolute atomic E-state index is 0.841. The molecule has 2 heteroatoms. The van der Waals surface area contributed by atoms with Gasteiger partial charge in [-0.25, -0.2) is 0 Å². The molecule has 0 N–H and O–H groups in total. The van der Waals surface area contributed by atoms with Gasteiger partial charge in [0.2, 0.25) is 0 Å². The van der Waals surface area contributed by atoms with Crippen LogP contribution in [0.4, 0.5) is 0 Å². The van der Waals surface area contributed by atoms with E-state index < -0.39 is 7.14 Å². The van der Waals surface area contributed by atoms with Crippen molar-refractivity contribution in [1.29, 1.82) is 0 Å². The maximum atomic E-state index is 14.8. The predicted octanol–water partition coefficient (Wildman–Crippen LogP) is 10.4. The highest BCUT2D eigenvalue weighted by Crippen LogP contribution is 2.45. The summed E-state index contributed by atoms with van der Waals surface area (Å²) in [6.45, 7) is 0. The van der Waals surface area contributed by atoms with E-state index in [9.17, 15) is 4.57 Å². The average Bonchev–Trinajstić information content (AvgIpc) is 3.14. The molecule has 1 aliphatic rings. The molecule has 0 atom stereocenters. The summed E-state index contributed by atoms with van der Waals surface area (Å²) >= 11 is 0. The minimum Gasteiger partial charge on any atom is -0.309 e. The molecular formula is C44H33OP. The van der Waals surface area contributed by atoms with Crippen LogP contribution in [0.25, 0.3) is 50.2 Å². The standard InChI is InChI=1S/C44H33OP/c45-46(36-16-6-2-7-17-36,37-18-8-3-9-19-37)38-30-28-33(29-31-38)32-24-26-35(27-25-32)44-41-22-12-10-20-39(41)43(34-14-4-1-5-15-34)40-21-11-13-23-42(40)44/h1-10,12-20,22-31H,11,21H2. The van der Waals surface area contributed by atoms with E-state index in [1.165, 1.54) is 44.2 Å². The van der Waals surface area contributed by atoms with Gasteiger partial charge in [-0.3, -0.25) is 0 Å². The fourth-order valence-corrected chi connectivity index (χ4v) is 9.69. The van der Waals surface area contributed by atoms with Gasteiger partial charge in [0, 0.05) is 15.9 Å². The summed E-state index contributed by atoms with van der Waals surface area (Å²) in [6.07, 6.45) is 6.74. The Morgan fingerprint density at radius 1 is 0.413 bits per heavy atom. The first kappa shape index (κ1) is 28.3. The van der Waals surface area contributed by atoms with Gasteiger partial charge in [-0.2, -0.15) is 0 Å². The van der Waals surface area contributed by atoms with E-state index in [-0.39, 0.29) is 0 Å². The SMILES string of the molecule is O=P(c1ccccc1)(c1ccccc1)c1ccc(-c2ccc(-c3c4c(c(-c5ccccc5)c5ccccc35)CCC=C4)cc2)cc1. The third kappa shape index (κ3) is 4.85. The molecule has 0 aliphatic heterocycles. The monoisotopic (exact) mass is 608 g/mol. The molecule has 0 aromatic heterocycles. The number of hydrogen-bond acceptors (Lipinski definition) is 1. The van der Waals surface area contributed by atoms with E-state index in [0.717, 1.165) is 39.9 Å². The van der Waals surface area contributed by atoms with Crippen LogP contribution in [0.5, 0.6) is 0 Å². The Labute approximate surface area is 270 Å². The maximum Gasteiger partial charge on any atom is 0.171 e. The lowest BCUT2D eigenvalue weighted by atomic mass is 9.80. The minimum atomic E-state index is -3.00. The summed E-state index contributed by atoms with van der Waals surface area (Å²) in [7, 11) is -3.00. The molecule has 0 bridgehead atoms. The molecule has 0 saturated carbocycles. The van der Waals surface area contributed by atoms with Crippen molar-refractivity contribution in [2.45, 2.75) is 12.8 Å². The van der Waals surface area contributed by atoms with Crippen molar-refractivity contribution in [1.82, 2.24) is 0 Å². The summed E-state index contributed by atoms with van der Waals surface area (Å²) < 4.78 is 14.8. The highest BCUT2D eigenvalue weighted by molar-refractivity contribution is 7.85. The number of benzene rings is 7. The molecule has 0 amide bonds. The van der Waals surface area contributed by atoms with Gasteiger partial charge in [-0.05, 0) is 68.1 Å². The van der Waals surface area contributed by atoms with E-state index in [1.807, 2.05) is 72.8 Å². The Morgan fingerprint density at radius 2 is 0.848 bits per heavy atom. The lowest BCUT2D eigenvalue weighted by Crippen LogP contribution is -2.24. The Bertz CT molecular complexity index is 2190. The van der Waals surface area contributed by atoms with Crippen LogP contribution in [0.2, 0.25) is 0 Å². The highest BCUT2D eigenvalue weighted by atomic mass is 31.2. The van der Waals surface area contributed by atoms with Gasteiger partial charge in [-0.1, -0.05) is 176 Å². The van der Waals surface area contributed by atoms with Crippen molar-refractivity contribution in [3.63, 3.8) is 0 Å². The lowest BCUT2D eigenvalue weighted by Gasteiger charge is -2.24. The summed E-state index contributed by atoms with van der Waals surface area (Å²) in [5.41, 5.74) is 10.2. The number of allylic oxidation sites excluding steroid dienone is 1. The van der Waals surface area contributed by atoms with Gasteiger partial charge in [0.1, 0.15) is 0 Å². The smallest absolute Gasteiger partial charge is 0.171 e. The van der Waals surface area contributed by atoms with Crippen LogP contribution in [-0.2, 0) is 11.0 Å². The van der Waals surface area contributed by atoms with Crippen LogP contribution in [0, 0.1) is 0 Å². The molecule has 46 heavy (non-hydrogen) atoms. The molecule has 0 saturated heterocycles. The molecule has 0 spiro atoms. The Hall–Kier alpha value is -5.23. The van der Waals surface area contributed by atoms with Gasteiger partial charge in [0.25, 0.3) is 0 Å². The van der Waals surface area contributed by atoms with Gasteiger partial charge < -0.3 is 4.57 Å². The highest BCUT2D eigenvalue weighted by Gasteiger charge is 2.29. The zero-order valence-corrected chi connectivity index (χ0v) is 26.4. The second-order valence-electron chi connectivity index (χ2n) is 11.9. The number of fused-ring (bicyclic) bond motifs is 2. The van der Waals surface area contributed by atoms with E-state index in [0.29, 0.717) is 0 Å². The van der Waals surface area contributed by atoms with Crippen LogP contribution >= 0.6 is 7.14 Å². The molecule has 8 rings (SSSR count). The molecule has 7 aromatic carbocycles. The normalized spacial score (nSPS) is 12.6. The first-order valence-electron chi connectivity index (χ1n) is 15.9. The van der Waals surface area contributed by atoms with Crippen molar-refractivity contribution in [2.75, 3.05) is 0 Å². The maximum absolute atomic E-state index is 14.8. The van der Waals surface area contributed by atoms with Crippen LogP contribution in [0.1, 0.15) is 17.5 Å². The van der Waals surface area contributed by atoms with Gasteiger partial charge in [-0.15, -0.1) is 0 Å². The number of rotatable bonds is 6. The van der Waals surface area contributed by atoms with Gasteiger partial charge in [0.15, 0.2) is 7.14 Å². The van der Waals surface area contributed by atoms with Crippen molar-refractivity contribution in [3.05, 3.63) is 181 Å². The Kier molecular flexibility index (Phi) is 7.33. The largest absolute Gasteiger partial charge is 0.309 e.